The zero-order valence-electron chi connectivity index (χ0n) is 13.2. The number of nitrogens with one attached hydrogen (secondary N) is 1. The van der Waals surface area contributed by atoms with Crippen LogP contribution in [0, 0.1) is 0 Å². The molecular weight excluding hydrogens is 274 g/mol. The molecule has 0 unspecified atom stereocenters. The van der Waals surface area contributed by atoms with Crippen molar-refractivity contribution in [3.05, 3.63) is 65.7 Å². The fourth-order valence-corrected chi connectivity index (χ4v) is 2.61. The van der Waals surface area contributed by atoms with Gasteiger partial charge in [-0.15, -0.1) is 0 Å². The number of aliphatic hydroxyl groups is 1. The molecule has 3 N–H and O–H groups in total. The van der Waals surface area contributed by atoms with Gasteiger partial charge in [0.05, 0.1) is 6.10 Å². The van der Waals surface area contributed by atoms with E-state index in [1.807, 2.05) is 13.0 Å². The van der Waals surface area contributed by atoms with E-state index in [0.717, 1.165) is 18.4 Å². The Morgan fingerprint density at radius 2 is 1.59 bits per heavy atom. The van der Waals surface area contributed by atoms with Gasteiger partial charge in [0, 0.05) is 12.1 Å². The van der Waals surface area contributed by atoms with Crippen LogP contribution >= 0.6 is 0 Å². The molecule has 0 aliphatic heterocycles. The van der Waals surface area contributed by atoms with Crippen LogP contribution in [0.3, 0.4) is 0 Å². The molecule has 0 fully saturated rings. The van der Waals surface area contributed by atoms with E-state index in [9.17, 15) is 10.2 Å². The fourth-order valence-electron chi connectivity index (χ4n) is 2.61. The van der Waals surface area contributed by atoms with Crippen LogP contribution in [-0.2, 0) is 6.42 Å². The number of phenols is 1. The first-order valence-electron chi connectivity index (χ1n) is 7.83. The summed E-state index contributed by atoms with van der Waals surface area (Å²) in [6, 6.07) is 17.4. The van der Waals surface area contributed by atoms with Gasteiger partial charge in [-0.1, -0.05) is 42.5 Å². The molecule has 0 saturated heterocycles. The van der Waals surface area contributed by atoms with Gasteiger partial charge in [-0.2, -0.15) is 0 Å². The topological polar surface area (TPSA) is 52.5 Å². The van der Waals surface area contributed by atoms with E-state index < -0.39 is 6.10 Å². The van der Waals surface area contributed by atoms with Gasteiger partial charge < -0.3 is 15.5 Å². The predicted octanol–water partition coefficient (Wildman–Crippen LogP) is 3.43. The van der Waals surface area contributed by atoms with E-state index in [0.29, 0.717) is 6.04 Å². The number of aliphatic hydroxyl groups excluding tert-OH is 1. The molecule has 0 heterocycles. The largest absolute Gasteiger partial charge is 0.508 e. The number of aryl methyl sites for hydroxylation is 1. The molecule has 118 valence electrons. The number of phenolic OH excluding ortho intramolecular Hbond substituents is 1. The highest BCUT2D eigenvalue weighted by molar-refractivity contribution is 5.27. The number of hydrogen-bond acceptors (Lipinski definition) is 3. The molecule has 3 heteroatoms. The summed E-state index contributed by atoms with van der Waals surface area (Å²) < 4.78 is 0. The molecule has 2 rings (SSSR count). The third-order valence-corrected chi connectivity index (χ3v) is 3.96. The van der Waals surface area contributed by atoms with Crippen molar-refractivity contribution in [3.8, 4) is 5.75 Å². The average Bonchev–Trinajstić information content (AvgIpc) is 2.54. The van der Waals surface area contributed by atoms with E-state index >= 15 is 0 Å². The van der Waals surface area contributed by atoms with Crippen molar-refractivity contribution in [3.63, 3.8) is 0 Å². The Bertz CT molecular complexity index is 553. The third kappa shape index (κ3) is 4.86. The zero-order chi connectivity index (χ0) is 15.9. The minimum atomic E-state index is -0.584. The van der Waals surface area contributed by atoms with Crippen LogP contribution in [-0.4, -0.2) is 22.3 Å². The number of hydrogen-bond donors (Lipinski definition) is 3. The van der Waals surface area contributed by atoms with Crippen molar-refractivity contribution < 1.29 is 10.2 Å². The lowest BCUT2D eigenvalue weighted by Crippen LogP contribution is -2.38. The fraction of sp³-hybridized carbons (Fsp3) is 0.368. The van der Waals surface area contributed by atoms with Crippen LogP contribution in [0.15, 0.2) is 54.6 Å². The van der Waals surface area contributed by atoms with Crippen LogP contribution in [0.1, 0.15) is 37.5 Å². The molecule has 22 heavy (non-hydrogen) atoms. The molecule has 0 amide bonds. The maximum absolute atomic E-state index is 10.4. The Labute approximate surface area is 132 Å². The van der Waals surface area contributed by atoms with Crippen molar-refractivity contribution in [1.82, 2.24) is 5.32 Å². The molecule has 0 saturated carbocycles. The quantitative estimate of drug-likeness (QED) is 0.734. The van der Waals surface area contributed by atoms with E-state index in [1.165, 1.54) is 5.56 Å². The molecule has 0 radical (unpaired) electrons. The maximum atomic E-state index is 10.4. The van der Waals surface area contributed by atoms with Crippen molar-refractivity contribution in [1.29, 1.82) is 0 Å². The van der Waals surface area contributed by atoms with Gasteiger partial charge in [0.1, 0.15) is 5.75 Å². The van der Waals surface area contributed by atoms with Gasteiger partial charge in [-0.05, 0) is 49.9 Å². The molecule has 0 aliphatic rings. The highest BCUT2D eigenvalue weighted by Crippen LogP contribution is 2.20. The van der Waals surface area contributed by atoms with Crippen molar-refractivity contribution in [2.75, 3.05) is 0 Å². The minimum absolute atomic E-state index is 0.0460. The molecule has 2 aromatic rings. The first kappa shape index (κ1) is 16.5. The number of benzene rings is 2. The van der Waals surface area contributed by atoms with Crippen molar-refractivity contribution in [2.45, 2.75) is 44.9 Å². The van der Waals surface area contributed by atoms with Crippen LogP contribution in [0.4, 0.5) is 0 Å². The Balaban J connectivity index is 1.82. The lowest BCUT2D eigenvalue weighted by Gasteiger charge is -2.25. The van der Waals surface area contributed by atoms with E-state index in [-0.39, 0.29) is 11.8 Å². The maximum Gasteiger partial charge on any atom is 0.115 e. The monoisotopic (exact) mass is 299 g/mol. The van der Waals surface area contributed by atoms with Crippen molar-refractivity contribution >= 4 is 0 Å². The van der Waals surface area contributed by atoms with Gasteiger partial charge >= 0.3 is 0 Å². The van der Waals surface area contributed by atoms with Gasteiger partial charge in [0.25, 0.3) is 0 Å². The number of aromatic hydroxyl groups is 1. The first-order valence-corrected chi connectivity index (χ1v) is 7.83. The summed E-state index contributed by atoms with van der Waals surface area (Å²) in [5, 5.41) is 23.1. The highest BCUT2D eigenvalue weighted by Gasteiger charge is 2.18. The number of rotatable bonds is 7. The van der Waals surface area contributed by atoms with Crippen LogP contribution in [0.25, 0.3) is 0 Å². The highest BCUT2D eigenvalue weighted by atomic mass is 16.3. The summed E-state index contributed by atoms with van der Waals surface area (Å²) in [6.07, 6.45) is 1.47. The lowest BCUT2D eigenvalue weighted by atomic mass is 10.0. The van der Waals surface area contributed by atoms with Gasteiger partial charge in [0.15, 0.2) is 0 Å². The average molecular weight is 299 g/mol. The standard InChI is InChI=1S/C19H25NO2/c1-14(8-9-16-6-4-3-5-7-16)20-15(2)19(22)17-10-12-18(21)13-11-17/h3-7,10-15,19-22H,8-9H2,1-2H3/t14-,15+,19-/m1/s1. The van der Waals surface area contributed by atoms with Gasteiger partial charge in [-0.25, -0.2) is 0 Å². The molecular formula is C19H25NO2. The second-order valence-corrected chi connectivity index (χ2v) is 5.92. The molecule has 0 aromatic heterocycles. The first-order chi connectivity index (χ1) is 10.6. The minimum Gasteiger partial charge on any atom is -0.508 e. The summed E-state index contributed by atoms with van der Waals surface area (Å²) >= 11 is 0. The second-order valence-electron chi connectivity index (χ2n) is 5.92. The lowest BCUT2D eigenvalue weighted by molar-refractivity contribution is 0.129. The van der Waals surface area contributed by atoms with Crippen molar-refractivity contribution in [2.24, 2.45) is 0 Å². The summed E-state index contributed by atoms with van der Waals surface area (Å²) in [5.41, 5.74) is 2.15. The zero-order valence-corrected chi connectivity index (χ0v) is 13.2. The van der Waals surface area contributed by atoms with Crippen LogP contribution < -0.4 is 5.32 Å². The summed E-state index contributed by atoms with van der Waals surface area (Å²) in [6.45, 7) is 4.12. The predicted molar refractivity (Wildman–Crippen MR) is 89.9 cm³/mol. The van der Waals surface area contributed by atoms with Gasteiger partial charge in [0.2, 0.25) is 0 Å². The Hall–Kier alpha value is -1.84. The normalized spacial score (nSPS) is 15.2. The molecule has 0 aliphatic carbocycles. The smallest absolute Gasteiger partial charge is 0.115 e. The van der Waals surface area contributed by atoms with Crippen LogP contribution in [0.2, 0.25) is 0 Å². The molecule has 0 spiro atoms. The third-order valence-electron chi connectivity index (χ3n) is 3.96. The molecule has 3 atom stereocenters. The molecule has 2 aromatic carbocycles. The van der Waals surface area contributed by atoms with E-state index in [2.05, 4.69) is 36.5 Å². The molecule has 3 nitrogen and oxygen atoms in total. The summed E-state index contributed by atoms with van der Waals surface area (Å²) in [5.74, 6) is 0.216. The summed E-state index contributed by atoms with van der Waals surface area (Å²) in [7, 11) is 0. The Kier molecular flexibility index (Phi) is 5.99. The SMILES string of the molecule is C[C@H](CCc1ccccc1)N[C@@H](C)[C@@H](O)c1ccc(O)cc1. The van der Waals surface area contributed by atoms with Crippen LogP contribution in [0.5, 0.6) is 5.75 Å². The summed E-state index contributed by atoms with van der Waals surface area (Å²) in [4.78, 5) is 0. The van der Waals surface area contributed by atoms with Gasteiger partial charge in [-0.3, -0.25) is 0 Å². The molecule has 0 bridgehead atoms. The van der Waals surface area contributed by atoms with E-state index in [4.69, 9.17) is 0 Å². The second kappa shape index (κ2) is 7.97. The Morgan fingerprint density at radius 1 is 0.955 bits per heavy atom. The Morgan fingerprint density at radius 3 is 2.23 bits per heavy atom. The van der Waals surface area contributed by atoms with E-state index in [1.54, 1.807) is 24.3 Å².